The lowest BCUT2D eigenvalue weighted by molar-refractivity contribution is 0.327. The predicted molar refractivity (Wildman–Crippen MR) is 91.2 cm³/mol. The second kappa shape index (κ2) is 7.69. The number of anilines is 1. The Morgan fingerprint density at radius 3 is 2.81 bits per heavy atom. The average Bonchev–Trinajstić information content (AvgIpc) is 2.98. The summed E-state index contributed by atoms with van der Waals surface area (Å²) >= 11 is 0. The summed E-state index contributed by atoms with van der Waals surface area (Å²) in [5, 5.41) is 4.26. The van der Waals surface area contributed by atoms with E-state index < -0.39 is 0 Å². The van der Waals surface area contributed by atoms with Crippen LogP contribution in [0.5, 0.6) is 0 Å². The van der Waals surface area contributed by atoms with Gasteiger partial charge < -0.3 is 5.73 Å². The topological polar surface area (TPSA) is 47.1 Å². The van der Waals surface area contributed by atoms with Gasteiger partial charge in [0.15, 0.2) is 0 Å². The lowest BCUT2D eigenvalue weighted by atomic mass is 10.0. The van der Waals surface area contributed by atoms with Gasteiger partial charge in [0.1, 0.15) is 0 Å². The highest BCUT2D eigenvalue weighted by molar-refractivity contribution is 5.85. The van der Waals surface area contributed by atoms with Crippen LogP contribution in [0.2, 0.25) is 0 Å². The van der Waals surface area contributed by atoms with Crippen LogP contribution < -0.4 is 5.73 Å². The summed E-state index contributed by atoms with van der Waals surface area (Å²) in [6.07, 6.45) is 5.34. The largest absolute Gasteiger partial charge is 0.399 e. The Kier molecular flexibility index (Phi) is 6.52. The number of rotatable bonds is 3. The van der Waals surface area contributed by atoms with E-state index in [2.05, 4.69) is 28.3 Å². The van der Waals surface area contributed by atoms with Crippen LogP contribution in [0.15, 0.2) is 36.7 Å². The first kappa shape index (κ1) is 17.8. The van der Waals surface area contributed by atoms with Crippen LogP contribution >= 0.6 is 24.8 Å². The Bertz CT molecular complexity index is 570. The Labute approximate surface area is 138 Å². The number of nitrogen functional groups attached to an aromatic ring is 1. The highest BCUT2D eigenvalue weighted by atomic mass is 35.5. The summed E-state index contributed by atoms with van der Waals surface area (Å²) in [5.74, 6) is 0.620. The number of aromatic nitrogens is 2. The molecule has 1 fully saturated rings. The molecule has 3 rings (SSSR count). The van der Waals surface area contributed by atoms with Gasteiger partial charge in [0.25, 0.3) is 0 Å². The van der Waals surface area contributed by atoms with Gasteiger partial charge in [-0.2, -0.15) is 5.10 Å². The molecule has 1 atom stereocenters. The molecule has 0 bridgehead atoms. The normalized spacial score (nSPS) is 18.0. The molecule has 1 aliphatic heterocycles. The van der Waals surface area contributed by atoms with E-state index in [4.69, 9.17) is 5.73 Å². The van der Waals surface area contributed by atoms with Crippen molar-refractivity contribution in [2.24, 2.45) is 7.05 Å². The van der Waals surface area contributed by atoms with E-state index in [1.54, 1.807) is 0 Å². The van der Waals surface area contributed by atoms with E-state index >= 15 is 0 Å². The van der Waals surface area contributed by atoms with E-state index in [1.807, 2.05) is 30.1 Å². The summed E-state index contributed by atoms with van der Waals surface area (Å²) in [6.45, 7) is 3.25. The number of likely N-dealkylation sites (tertiary alicyclic amines) is 1. The van der Waals surface area contributed by atoms with Crippen molar-refractivity contribution in [1.29, 1.82) is 0 Å². The minimum atomic E-state index is 0. The minimum absolute atomic E-state index is 0. The Hall–Kier alpha value is -1.23. The van der Waals surface area contributed by atoms with Crippen molar-refractivity contribution in [2.45, 2.75) is 18.9 Å². The number of aryl methyl sites for hydroxylation is 1. The van der Waals surface area contributed by atoms with Gasteiger partial charge in [0.05, 0.1) is 6.20 Å². The van der Waals surface area contributed by atoms with E-state index in [9.17, 15) is 0 Å². The van der Waals surface area contributed by atoms with Gasteiger partial charge in [-0.1, -0.05) is 12.1 Å². The number of benzene rings is 1. The Morgan fingerprint density at radius 1 is 1.33 bits per heavy atom. The smallest absolute Gasteiger partial charge is 0.0524 e. The fourth-order valence-electron chi connectivity index (χ4n) is 2.85. The zero-order valence-corrected chi connectivity index (χ0v) is 13.7. The molecule has 2 heterocycles. The van der Waals surface area contributed by atoms with Crippen molar-refractivity contribution < 1.29 is 0 Å². The summed E-state index contributed by atoms with van der Waals surface area (Å²) < 4.78 is 1.88. The molecular weight excluding hydrogens is 307 g/mol. The fourth-order valence-corrected chi connectivity index (χ4v) is 2.85. The van der Waals surface area contributed by atoms with Gasteiger partial charge >= 0.3 is 0 Å². The summed E-state index contributed by atoms with van der Waals surface area (Å²) in [6, 6.07) is 8.18. The van der Waals surface area contributed by atoms with Crippen LogP contribution in [0.1, 0.15) is 23.5 Å². The molecule has 4 nitrogen and oxygen atoms in total. The third-order valence-corrected chi connectivity index (χ3v) is 3.83. The Morgan fingerprint density at radius 2 is 2.14 bits per heavy atom. The maximum Gasteiger partial charge on any atom is 0.0524 e. The average molecular weight is 329 g/mol. The maximum atomic E-state index is 5.82. The third-order valence-electron chi connectivity index (χ3n) is 3.83. The number of halogens is 2. The standard InChI is InChI=1S/C15H20N4.2ClH/c1-18-10-14(8-17-18)13-5-6-19(11-13)9-12-3-2-4-15(16)7-12;;/h2-4,7-8,10,13H,5-6,9,11,16H2,1H3;2*1H. The number of nitrogens with zero attached hydrogens (tertiary/aromatic N) is 3. The molecule has 1 aromatic carbocycles. The lowest BCUT2D eigenvalue weighted by Crippen LogP contribution is -2.19. The van der Waals surface area contributed by atoms with Gasteiger partial charge in [-0.25, -0.2) is 0 Å². The molecule has 1 aliphatic rings. The van der Waals surface area contributed by atoms with E-state index in [0.29, 0.717) is 5.92 Å². The SMILES string of the molecule is Cl.Cl.Cn1cc(C2CCN(Cc3cccc(N)c3)C2)cn1. The second-order valence-electron chi connectivity index (χ2n) is 5.41. The van der Waals surface area contributed by atoms with Gasteiger partial charge in [-0.05, 0) is 36.2 Å². The second-order valence-corrected chi connectivity index (χ2v) is 5.41. The molecular formula is C15H22Cl2N4. The highest BCUT2D eigenvalue weighted by Gasteiger charge is 2.24. The molecule has 6 heteroatoms. The zero-order valence-electron chi connectivity index (χ0n) is 12.1. The molecule has 0 radical (unpaired) electrons. The summed E-state index contributed by atoms with van der Waals surface area (Å²) in [4.78, 5) is 2.49. The number of hydrogen-bond acceptors (Lipinski definition) is 3. The monoisotopic (exact) mass is 328 g/mol. The minimum Gasteiger partial charge on any atom is -0.399 e. The van der Waals surface area contributed by atoms with Gasteiger partial charge in [0, 0.05) is 37.9 Å². The summed E-state index contributed by atoms with van der Waals surface area (Å²) in [5.41, 5.74) is 9.33. The first-order valence-electron chi connectivity index (χ1n) is 6.76. The molecule has 1 aromatic heterocycles. The molecule has 2 aromatic rings. The van der Waals surface area contributed by atoms with Crippen molar-refractivity contribution in [3.63, 3.8) is 0 Å². The van der Waals surface area contributed by atoms with Gasteiger partial charge in [0.2, 0.25) is 0 Å². The van der Waals surface area contributed by atoms with Crippen molar-refractivity contribution >= 4 is 30.5 Å². The first-order valence-corrected chi connectivity index (χ1v) is 6.76. The van der Waals surface area contributed by atoms with Crippen LogP contribution in [0, 0.1) is 0 Å². The first-order chi connectivity index (χ1) is 9.20. The highest BCUT2D eigenvalue weighted by Crippen LogP contribution is 2.27. The number of hydrogen-bond donors (Lipinski definition) is 1. The summed E-state index contributed by atoms with van der Waals surface area (Å²) in [7, 11) is 1.98. The molecule has 21 heavy (non-hydrogen) atoms. The third kappa shape index (κ3) is 4.37. The van der Waals surface area contributed by atoms with Gasteiger partial charge in [-0.15, -0.1) is 24.8 Å². The van der Waals surface area contributed by atoms with Crippen molar-refractivity contribution in [3.8, 4) is 0 Å². The molecule has 0 amide bonds. The zero-order chi connectivity index (χ0) is 13.2. The van der Waals surface area contributed by atoms with E-state index in [0.717, 1.165) is 25.3 Å². The van der Waals surface area contributed by atoms with Crippen LogP contribution in [-0.2, 0) is 13.6 Å². The molecule has 0 saturated carbocycles. The molecule has 1 unspecified atom stereocenters. The van der Waals surface area contributed by atoms with Crippen LogP contribution in [-0.4, -0.2) is 27.8 Å². The van der Waals surface area contributed by atoms with Gasteiger partial charge in [-0.3, -0.25) is 9.58 Å². The molecule has 1 saturated heterocycles. The Balaban J connectivity index is 0.00000110. The lowest BCUT2D eigenvalue weighted by Gasteiger charge is -2.16. The maximum absolute atomic E-state index is 5.82. The number of nitrogens with two attached hydrogens (primary N) is 1. The molecule has 0 aliphatic carbocycles. The quantitative estimate of drug-likeness (QED) is 0.881. The van der Waals surface area contributed by atoms with Crippen LogP contribution in [0.4, 0.5) is 5.69 Å². The van der Waals surface area contributed by atoms with Crippen molar-refractivity contribution in [1.82, 2.24) is 14.7 Å². The van der Waals surface area contributed by atoms with Crippen molar-refractivity contribution in [2.75, 3.05) is 18.8 Å². The fraction of sp³-hybridized carbons (Fsp3) is 0.400. The molecule has 116 valence electrons. The van der Waals surface area contributed by atoms with E-state index in [-0.39, 0.29) is 24.8 Å². The van der Waals surface area contributed by atoms with Crippen LogP contribution in [0.25, 0.3) is 0 Å². The van der Waals surface area contributed by atoms with E-state index in [1.165, 1.54) is 17.5 Å². The van der Waals surface area contributed by atoms with Crippen LogP contribution in [0.3, 0.4) is 0 Å². The predicted octanol–water partition coefficient (Wildman–Crippen LogP) is 2.84. The molecule has 2 N–H and O–H groups in total. The van der Waals surface area contributed by atoms with Crippen molar-refractivity contribution in [3.05, 3.63) is 47.8 Å². The molecule has 0 spiro atoms.